The number of hydrogen-bond donors (Lipinski definition) is 3. The van der Waals surface area contributed by atoms with Gasteiger partial charge in [0.05, 0.1) is 18.2 Å². The fourth-order valence-corrected chi connectivity index (χ4v) is 5.73. The van der Waals surface area contributed by atoms with Crippen molar-refractivity contribution in [1.82, 2.24) is 14.3 Å². The highest BCUT2D eigenvalue weighted by Crippen LogP contribution is 2.22. The number of carbonyl (C=O) groups is 2. The van der Waals surface area contributed by atoms with E-state index in [4.69, 9.17) is 10.00 Å². The lowest BCUT2D eigenvalue weighted by Crippen LogP contribution is -2.55. The van der Waals surface area contributed by atoms with Crippen molar-refractivity contribution in [2.75, 3.05) is 44.2 Å². The zero-order valence-electron chi connectivity index (χ0n) is 24.1. The predicted molar refractivity (Wildman–Crippen MR) is 159 cm³/mol. The Balaban J connectivity index is 1.65. The van der Waals surface area contributed by atoms with Gasteiger partial charge in [-0.15, -0.1) is 0 Å². The van der Waals surface area contributed by atoms with E-state index in [2.05, 4.69) is 33.7 Å². The Hall–Kier alpha value is -4.10. The molecule has 1 amide bonds. The number of nitrogens with zero attached hydrogens (tertiary/aromatic N) is 3. The summed E-state index contributed by atoms with van der Waals surface area (Å²) in [5, 5.41) is 20.7. The van der Waals surface area contributed by atoms with Crippen molar-refractivity contribution in [2.24, 2.45) is 5.92 Å². The van der Waals surface area contributed by atoms with E-state index in [0.717, 1.165) is 24.1 Å². The number of carbonyl (C=O) groups excluding carboxylic acids is 1. The number of nitrogens with one attached hydrogen (secondary N) is 2. The molecule has 0 bridgehead atoms. The highest BCUT2D eigenvalue weighted by atomic mass is 32.2. The third-order valence-electron chi connectivity index (χ3n) is 6.68. The molecule has 3 rings (SSSR count). The number of anilines is 1. The normalized spacial score (nSPS) is 14.4. The third kappa shape index (κ3) is 8.95. The molecule has 0 radical (unpaired) electrons. The van der Waals surface area contributed by atoms with Gasteiger partial charge in [-0.1, -0.05) is 39.0 Å². The number of ether oxygens (including phenoxy) is 1. The Morgan fingerprint density at radius 2 is 1.69 bits per heavy atom. The standard InChI is InChI=1S/C30H37N5O6S/c1-4-5-20-41-27-13-10-24(21-26(27)29(36)32-15-14-31)7-6-23-8-11-25(12-9-23)34-16-18-35(19-17-34)42(39,40)33-28(22(2)3)30(37)38/h8-13,21-22,28,33H,4-5,15-20H2,1-3H3,(H,32,36)(H,37,38). The van der Waals surface area contributed by atoms with Crippen molar-refractivity contribution >= 4 is 27.8 Å². The highest BCUT2D eigenvalue weighted by molar-refractivity contribution is 7.87. The van der Waals surface area contributed by atoms with Crippen molar-refractivity contribution in [1.29, 1.82) is 5.26 Å². The summed E-state index contributed by atoms with van der Waals surface area (Å²) in [7, 11) is -3.93. The van der Waals surface area contributed by atoms with Gasteiger partial charge in [-0.3, -0.25) is 9.59 Å². The molecule has 1 unspecified atom stereocenters. The first-order valence-electron chi connectivity index (χ1n) is 13.8. The second-order valence-corrected chi connectivity index (χ2v) is 11.8. The number of piperazine rings is 1. The van der Waals surface area contributed by atoms with Gasteiger partial charge in [0.15, 0.2) is 0 Å². The molecule has 12 heteroatoms. The molecule has 0 saturated carbocycles. The molecule has 2 aromatic rings. The van der Waals surface area contributed by atoms with Gasteiger partial charge in [-0.25, -0.2) is 0 Å². The molecule has 1 atom stereocenters. The van der Waals surface area contributed by atoms with E-state index in [9.17, 15) is 23.1 Å². The van der Waals surface area contributed by atoms with E-state index >= 15 is 0 Å². The van der Waals surface area contributed by atoms with E-state index in [0.29, 0.717) is 36.6 Å². The Bertz CT molecular complexity index is 1450. The maximum absolute atomic E-state index is 12.7. The van der Waals surface area contributed by atoms with Crippen LogP contribution in [0.2, 0.25) is 0 Å². The quantitative estimate of drug-likeness (QED) is 0.192. The highest BCUT2D eigenvalue weighted by Gasteiger charge is 2.33. The zero-order valence-corrected chi connectivity index (χ0v) is 24.9. The van der Waals surface area contributed by atoms with Crippen LogP contribution in [0.15, 0.2) is 42.5 Å². The van der Waals surface area contributed by atoms with E-state index < -0.39 is 28.1 Å². The first-order chi connectivity index (χ1) is 20.1. The minimum Gasteiger partial charge on any atom is -0.493 e. The maximum Gasteiger partial charge on any atom is 0.322 e. The van der Waals surface area contributed by atoms with Crippen LogP contribution in [0.25, 0.3) is 0 Å². The average Bonchev–Trinajstić information content (AvgIpc) is 2.98. The molecule has 1 aliphatic heterocycles. The van der Waals surface area contributed by atoms with Crippen molar-refractivity contribution in [3.63, 3.8) is 0 Å². The van der Waals surface area contributed by atoms with Crippen molar-refractivity contribution in [3.05, 3.63) is 59.2 Å². The largest absolute Gasteiger partial charge is 0.493 e. The molecule has 42 heavy (non-hydrogen) atoms. The zero-order chi connectivity index (χ0) is 30.7. The Morgan fingerprint density at radius 1 is 1.05 bits per heavy atom. The molecule has 224 valence electrons. The molecular weight excluding hydrogens is 558 g/mol. The number of hydrogen-bond acceptors (Lipinski definition) is 7. The lowest BCUT2D eigenvalue weighted by molar-refractivity contribution is -0.140. The Morgan fingerprint density at radius 3 is 2.29 bits per heavy atom. The smallest absolute Gasteiger partial charge is 0.322 e. The summed E-state index contributed by atoms with van der Waals surface area (Å²) in [6.07, 6.45) is 1.82. The first-order valence-corrected chi connectivity index (χ1v) is 15.3. The van der Waals surface area contributed by atoms with Gasteiger partial charge in [-0.05, 0) is 54.8 Å². The molecule has 3 N–H and O–H groups in total. The van der Waals surface area contributed by atoms with Gasteiger partial charge in [0, 0.05) is 43.0 Å². The molecule has 0 spiro atoms. The summed E-state index contributed by atoms with van der Waals surface area (Å²) < 4.78 is 34.8. The minimum absolute atomic E-state index is 0.111. The summed E-state index contributed by atoms with van der Waals surface area (Å²) in [5.41, 5.74) is 2.62. The molecule has 0 aliphatic carbocycles. The van der Waals surface area contributed by atoms with Gasteiger partial charge >= 0.3 is 5.97 Å². The van der Waals surface area contributed by atoms with Crippen molar-refractivity contribution < 1.29 is 27.9 Å². The number of rotatable bonds is 12. The Labute approximate surface area is 247 Å². The fraction of sp³-hybridized carbons (Fsp3) is 0.433. The molecule has 1 heterocycles. The van der Waals surface area contributed by atoms with Gasteiger partial charge in [0.1, 0.15) is 18.3 Å². The van der Waals surface area contributed by atoms with Gasteiger partial charge in [0.25, 0.3) is 16.1 Å². The molecule has 1 aliphatic rings. The number of unbranched alkanes of at least 4 members (excludes halogenated alkanes) is 1. The Kier molecular flexibility index (Phi) is 11.7. The fourth-order valence-electron chi connectivity index (χ4n) is 4.25. The lowest BCUT2D eigenvalue weighted by atomic mass is 10.1. The molecular formula is C30H37N5O6S. The number of amides is 1. The molecule has 1 saturated heterocycles. The monoisotopic (exact) mass is 595 g/mol. The van der Waals surface area contributed by atoms with E-state index in [-0.39, 0.29) is 25.6 Å². The summed E-state index contributed by atoms with van der Waals surface area (Å²) in [6, 6.07) is 13.4. The SMILES string of the molecule is CCCCOc1ccc(C#Cc2ccc(N3CCN(S(=O)(=O)NC(C(=O)O)C(C)C)CC3)cc2)cc1C(=O)NCC#N. The maximum atomic E-state index is 12.7. The number of aliphatic carboxylic acids is 1. The number of benzene rings is 2. The summed E-state index contributed by atoms with van der Waals surface area (Å²) in [6.45, 7) is 7.09. The molecule has 0 aromatic heterocycles. The summed E-state index contributed by atoms with van der Waals surface area (Å²) in [4.78, 5) is 26.1. The number of carboxylic acid groups (broad SMARTS) is 1. The van der Waals surface area contributed by atoms with Crippen LogP contribution in [0.5, 0.6) is 5.75 Å². The van der Waals surface area contributed by atoms with E-state index in [1.165, 1.54) is 4.31 Å². The van der Waals surface area contributed by atoms with Crippen LogP contribution in [0.3, 0.4) is 0 Å². The van der Waals surface area contributed by atoms with E-state index in [1.54, 1.807) is 32.0 Å². The van der Waals surface area contributed by atoms with Gasteiger partial charge < -0.3 is 20.1 Å². The molecule has 11 nitrogen and oxygen atoms in total. The minimum atomic E-state index is -3.93. The van der Waals surface area contributed by atoms with Crippen LogP contribution in [-0.4, -0.2) is 75.1 Å². The molecule has 2 aromatic carbocycles. The predicted octanol–water partition coefficient (Wildman–Crippen LogP) is 2.58. The van der Waals surface area contributed by atoms with Crippen LogP contribution in [0.1, 0.15) is 55.1 Å². The van der Waals surface area contributed by atoms with Crippen LogP contribution in [0.4, 0.5) is 5.69 Å². The number of nitriles is 1. The third-order valence-corrected chi connectivity index (χ3v) is 8.28. The molecule has 1 fully saturated rings. The van der Waals surface area contributed by atoms with Gasteiger partial charge in [0.2, 0.25) is 0 Å². The second kappa shape index (κ2) is 15.2. The van der Waals surface area contributed by atoms with Crippen LogP contribution in [0, 0.1) is 29.1 Å². The topological polar surface area (TPSA) is 152 Å². The van der Waals surface area contributed by atoms with Gasteiger partial charge in [-0.2, -0.15) is 22.7 Å². The van der Waals surface area contributed by atoms with Crippen molar-refractivity contribution in [2.45, 2.75) is 39.7 Å². The first kappa shape index (κ1) is 32.4. The van der Waals surface area contributed by atoms with E-state index in [1.807, 2.05) is 30.3 Å². The van der Waals surface area contributed by atoms with Crippen molar-refractivity contribution in [3.8, 4) is 23.7 Å². The summed E-state index contributed by atoms with van der Waals surface area (Å²) in [5.74, 6) is 4.62. The van der Waals surface area contributed by atoms with Crippen LogP contribution >= 0.6 is 0 Å². The average molecular weight is 596 g/mol. The number of carboxylic acids is 1. The summed E-state index contributed by atoms with van der Waals surface area (Å²) >= 11 is 0. The lowest BCUT2D eigenvalue weighted by Gasteiger charge is -2.36. The second-order valence-electron chi connectivity index (χ2n) is 10.1. The van der Waals surface area contributed by atoms with Crippen LogP contribution in [-0.2, 0) is 15.0 Å². The van der Waals surface area contributed by atoms with Crippen LogP contribution < -0.4 is 19.7 Å².